The van der Waals surface area contributed by atoms with Crippen LogP contribution in [0, 0.1) is 5.92 Å². The van der Waals surface area contributed by atoms with Crippen LogP contribution < -0.4 is 11.1 Å². The number of carbonyl (C=O) groups excluding carboxylic acids is 2. The third kappa shape index (κ3) is 4.86. The third-order valence-electron chi connectivity index (χ3n) is 3.49. The van der Waals surface area contributed by atoms with Gasteiger partial charge < -0.3 is 15.8 Å². The average molecular weight is 290 g/mol. The van der Waals surface area contributed by atoms with E-state index in [9.17, 15) is 9.59 Å². The van der Waals surface area contributed by atoms with Gasteiger partial charge >= 0.3 is 5.97 Å². The van der Waals surface area contributed by atoms with E-state index in [-0.39, 0.29) is 17.9 Å². The van der Waals surface area contributed by atoms with E-state index in [4.69, 9.17) is 10.5 Å². The number of nitrogens with two attached hydrogens (primary N) is 1. The molecule has 114 valence electrons. The minimum atomic E-state index is -0.342. The Bertz CT molecular complexity index is 495. The highest BCUT2D eigenvalue weighted by atomic mass is 16.5. The van der Waals surface area contributed by atoms with Crippen molar-refractivity contribution in [3.8, 4) is 0 Å². The molecule has 1 aromatic rings. The van der Waals surface area contributed by atoms with Crippen molar-refractivity contribution in [3.63, 3.8) is 0 Å². The van der Waals surface area contributed by atoms with Gasteiger partial charge in [0.15, 0.2) is 0 Å². The summed E-state index contributed by atoms with van der Waals surface area (Å²) in [6.45, 7) is 2.36. The number of ether oxygens (including phenoxy) is 1. The van der Waals surface area contributed by atoms with Crippen molar-refractivity contribution < 1.29 is 14.3 Å². The molecule has 5 nitrogen and oxygen atoms in total. The van der Waals surface area contributed by atoms with Crippen molar-refractivity contribution in [2.24, 2.45) is 11.7 Å². The normalized spacial score (nSPS) is 15.3. The van der Waals surface area contributed by atoms with Gasteiger partial charge in [0.25, 0.3) is 0 Å². The van der Waals surface area contributed by atoms with Crippen molar-refractivity contribution in [1.29, 1.82) is 0 Å². The summed E-state index contributed by atoms with van der Waals surface area (Å²) in [5, 5.41) is 2.79. The molecule has 1 aliphatic carbocycles. The van der Waals surface area contributed by atoms with E-state index in [1.54, 1.807) is 24.3 Å². The van der Waals surface area contributed by atoms with Crippen molar-refractivity contribution in [2.75, 3.05) is 11.9 Å². The Morgan fingerprint density at radius 1 is 1.33 bits per heavy atom. The van der Waals surface area contributed by atoms with E-state index >= 15 is 0 Å². The molecular formula is C16H22N2O3. The first-order valence-electron chi connectivity index (χ1n) is 7.42. The molecule has 3 N–H and O–H groups in total. The highest BCUT2D eigenvalue weighted by Gasteiger charge is 2.29. The molecular weight excluding hydrogens is 268 g/mol. The Morgan fingerprint density at radius 2 is 2.00 bits per heavy atom. The molecule has 0 aromatic heterocycles. The van der Waals surface area contributed by atoms with Crippen LogP contribution in [0.4, 0.5) is 5.69 Å². The molecule has 0 radical (unpaired) electrons. The molecule has 0 bridgehead atoms. The largest absolute Gasteiger partial charge is 0.462 e. The Labute approximate surface area is 124 Å². The average Bonchev–Trinajstić information content (AvgIpc) is 3.30. The zero-order valence-corrected chi connectivity index (χ0v) is 12.3. The molecule has 0 heterocycles. The van der Waals surface area contributed by atoms with Crippen LogP contribution in [-0.4, -0.2) is 24.5 Å². The molecule has 5 heteroatoms. The molecule has 1 saturated carbocycles. The maximum Gasteiger partial charge on any atom is 0.338 e. The monoisotopic (exact) mass is 290 g/mol. The fraction of sp³-hybridized carbons (Fsp3) is 0.500. The van der Waals surface area contributed by atoms with Crippen LogP contribution >= 0.6 is 0 Å². The second-order valence-electron chi connectivity index (χ2n) is 5.47. The molecule has 0 aliphatic heterocycles. The van der Waals surface area contributed by atoms with E-state index in [0.29, 0.717) is 30.2 Å². The molecule has 2 rings (SSSR count). The number of carbonyl (C=O) groups is 2. The lowest BCUT2D eigenvalue weighted by Gasteiger charge is -2.11. The minimum Gasteiger partial charge on any atom is -0.462 e. The lowest BCUT2D eigenvalue weighted by Crippen LogP contribution is -2.28. The summed E-state index contributed by atoms with van der Waals surface area (Å²) >= 11 is 0. The van der Waals surface area contributed by atoms with Gasteiger partial charge in [0.1, 0.15) is 0 Å². The number of hydrogen-bond acceptors (Lipinski definition) is 4. The summed E-state index contributed by atoms with van der Waals surface area (Å²) in [5.41, 5.74) is 7.07. The van der Waals surface area contributed by atoms with Gasteiger partial charge in [-0.15, -0.1) is 0 Å². The van der Waals surface area contributed by atoms with E-state index in [0.717, 1.165) is 19.3 Å². The van der Waals surface area contributed by atoms with E-state index in [1.807, 2.05) is 6.92 Å². The smallest absolute Gasteiger partial charge is 0.338 e. The lowest BCUT2D eigenvalue weighted by atomic mass is 10.1. The Balaban J connectivity index is 1.83. The van der Waals surface area contributed by atoms with Crippen LogP contribution in [0.2, 0.25) is 0 Å². The number of anilines is 1. The van der Waals surface area contributed by atoms with E-state index in [2.05, 4.69) is 5.32 Å². The van der Waals surface area contributed by atoms with Crippen molar-refractivity contribution in [3.05, 3.63) is 29.8 Å². The van der Waals surface area contributed by atoms with E-state index < -0.39 is 0 Å². The Hall–Kier alpha value is -1.88. The van der Waals surface area contributed by atoms with Gasteiger partial charge in [-0.3, -0.25) is 4.79 Å². The first-order chi connectivity index (χ1) is 10.1. The van der Waals surface area contributed by atoms with Gasteiger partial charge in [0.05, 0.1) is 12.2 Å². The predicted octanol–water partition coefficient (Wildman–Crippen LogP) is 2.32. The molecule has 1 atom stereocenters. The van der Waals surface area contributed by atoms with Gasteiger partial charge in [0.2, 0.25) is 5.91 Å². The predicted molar refractivity (Wildman–Crippen MR) is 81.0 cm³/mol. The SMILES string of the molecule is CCCOC(=O)c1ccc(NC(=O)CC(N)C2CC2)cc1. The molecule has 0 saturated heterocycles. The number of amides is 1. The second-order valence-corrected chi connectivity index (χ2v) is 5.47. The lowest BCUT2D eigenvalue weighted by molar-refractivity contribution is -0.116. The molecule has 1 fully saturated rings. The van der Waals surface area contributed by atoms with Gasteiger partial charge in [-0.1, -0.05) is 6.92 Å². The van der Waals surface area contributed by atoms with Crippen molar-refractivity contribution in [1.82, 2.24) is 0 Å². The minimum absolute atomic E-state index is 0.0479. The van der Waals surface area contributed by atoms with E-state index in [1.165, 1.54) is 0 Å². The molecule has 1 aliphatic rings. The molecule has 1 unspecified atom stereocenters. The number of esters is 1. The molecule has 0 spiro atoms. The summed E-state index contributed by atoms with van der Waals surface area (Å²) in [4.78, 5) is 23.5. The fourth-order valence-electron chi connectivity index (χ4n) is 2.08. The summed E-state index contributed by atoms with van der Waals surface area (Å²) in [7, 11) is 0. The maximum absolute atomic E-state index is 11.8. The maximum atomic E-state index is 11.8. The van der Waals surface area contributed by atoms with Crippen molar-refractivity contribution in [2.45, 2.75) is 38.6 Å². The fourth-order valence-corrected chi connectivity index (χ4v) is 2.08. The molecule has 1 amide bonds. The number of nitrogens with one attached hydrogen (secondary N) is 1. The zero-order chi connectivity index (χ0) is 15.2. The summed E-state index contributed by atoms with van der Waals surface area (Å²) in [6.07, 6.45) is 3.39. The summed E-state index contributed by atoms with van der Waals surface area (Å²) in [5.74, 6) is 0.0765. The summed E-state index contributed by atoms with van der Waals surface area (Å²) < 4.78 is 5.04. The first kappa shape index (κ1) is 15.5. The van der Waals surface area contributed by atoms with Crippen LogP contribution in [0.15, 0.2) is 24.3 Å². The number of benzene rings is 1. The van der Waals surface area contributed by atoms with Crippen LogP contribution in [0.5, 0.6) is 0 Å². The number of rotatable bonds is 7. The highest BCUT2D eigenvalue weighted by Crippen LogP contribution is 2.32. The Kier molecular flexibility index (Phi) is 5.33. The first-order valence-corrected chi connectivity index (χ1v) is 7.42. The third-order valence-corrected chi connectivity index (χ3v) is 3.49. The quantitative estimate of drug-likeness (QED) is 0.755. The van der Waals surface area contributed by atoms with Gasteiger partial charge in [-0.2, -0.15) is 0 Å². The molecule has 1 aromatic carbocycles. The number of hydrogen-bond donors (Lipinski definition) is 2. The van der Waals surface area contributed by atoms with Gasteiger partial charge in [-0.25, -0.2) is 4.79 Å². The van der Waals surface area contributed by atoms with Gasteiger partial charge in [-0.05, 0) is 49.4 Å². The van der Waals surface area contributed by atoms with Crippen LogP contribution in [0.25, 0.3) is 0 Å². The Morgan fingerprint density at radius 3 is 2.57 bits per heavy atom. The topological polar surface area (TPSA) is 81.4 Å². The zero-order valence-electron chi connectivity index (χ0n) is 12.3. The van der Waals surface area contributed by atoms with Gasteiger partial charge in [0, 0.05) is 18.2 Å². The highest BCUT2D eigenvalue weighted by molar-refractivity contribution is 5.93. The second kappa shape index (κ2) is 7.22. The summed E-state index contributed by atoms with van der Waals surface area (Å²) in [6, 6.07) is 6.64. The standard InChI is InChI=1S/C16H22N2O3/c1-2-9-21-16(20)12-5-7-13(8-6-12)18-15(19)10-14(17)11-3-4-11/h5-8,11,14H,2-4,9-10,17H2,1H3,(H,18,19). The van der Waals surface area contributed by atoms with Crippen LogP contribution in [-0.2, 0) is 9.53 Å². The van der Waals surface area contributed by atoms with Crippen molar-refractivity contribution >= 4 is 17.6 Å². The van der Waals surface area contributed by atoms with Crippen LogP contribution in [0.3, 0.4) is 0 Å². The molecule has 21 heavy (non-hydrogen) atoms. The van der Waals surface area contributed by atoms with Crippen LogP contribution in [0.1, 0.15) is 43.0 Å².